The van der Waals surface area contributed by atoms with E-state index < -0.39 is 48.6 Å². The molecule has 1 heterocycles. The summed E-state index contributed by atoms with van der Waals surface area (Å²) in [5.41, 5.74) is 9.49. The molecule has 0 radical (unpaired) electrons. The van der Waals surface area contributed by atoms with E-state index in [0.29, 0.717) is 0 Å². The van der Waals surface area contributed by atoms with Crippen molar-refractivity contribution in [3.63, 3.8) is 0 Å². The van der Waals surface area contributed by atoms with E-state index in [0.717, 1.165) is 5.56 Å². The van der Waals surface area contributed by atoms with Crippen LogP contribution < -0.4 is 5.32 Å². The standard InChI is InChI=1S/C19H26N4O7/c1-11(18(26)27-3)29-17-15(22-12(2)24)19(28-10-13-7-5-4-6-8-13)30-14(16(17)25)9-21-23-20/h4-8,11,14-17,19,25H,9-10H2,1-3H3,(H,22,24)/t11?,14-,15-,16-,17-,19+/m1/s1. The van der Waals surface area contributed by atoms with Gasteiger partial charge in [-0.15, -0.1) is 0 Å². The monoisotopic (exact) mass is 422 g/mol. The van der Waals surface area contributed by atoms with Gasteiger partial charge in [0.2, 0.25) is 5.91 Å². The molecule has 164 valence electrons. The minimum Gasteiger partial charge on any atom is -0.467 e. The molecule has 11 heteroatoms. The minimum atomic E-state index is -1.31. The third-order valence-electron chi connectivity index (χ3n) is 4.52. The number of carbonyl (C=O) groups is 2. The Hall–Kier alpha value is -2.69. The molecule has 0 aliphatic carbocycles. The highest BCUT2D eigenvalue weighted by Crippen LogP contribution is 2.27. The first-order valence-corrected chi connectivity index (χ1v) is 9.37. The van der Waals surface area contributed by atoms with Crippen LogP contribution in [-0.4, -0.2) is 67.4 Å². The van der Waals surface area contributed by atoms with Gasteiger partial charge in [0.25, 0.3) is 0 Å². The molecular weight excluding hydrogens is 396 g/mol. The van der Waals surface area contributed by atoms with Crippen molar-refractivity contribution in [3.05, 3.63) is 46.3 Å². The molecule has 0 aromatic heterocycles. The Bertz CT molecular complexity index is 757. The minimum absolute atomic E-state index is 0.158. The number of hydrogen-bond acceptors (Lipinski definition) is 8. The number of azide groups is 1. The van der Waals surface area contributed by atoms with E-state index in [1.807, 2.05) is 30.3 Å². The zero-order valence-corrected chi connectivity index (χ0v) is 17.0. The number of benzene rings is 1. The maximum absolute atomic E-state index is 11.8. The highest BCUT2D eigenvalue weighted by Gasteiger charge is 2.48. The van der Waals surface area contributed by atoms with Gasteiger partial charge >= 0.3 is 5.97 Å². The fourth-order valence-corrected chi connectivity index (χ4v) is 3.09. The third kappa shape index (κ3) is 6.41. The number of carbonyl (C=O) groups excluding carboxylic acids is 2. The summed E-state index contributed by atoms with van der Waals surface area (Å²) < 4.78 is 22.0. The van der Waals surface area contributed by atoms with Gasteiger partial charge in [-0.1, -0.05) is 35.4 Å². The van der Waals surface area contributed by atoms with E-state index in [-0.39, 0.29) is 13.2 Å². The molecule has 1 aromatic rings. The smallest absolute Gasteiger partial charge is 0.334 e. The molecular formula is C19H26N4O7. The molecule has 2 rings (SSSR count). The van der Waals surface area contributed by atoms with E-state index in [1.54, 1.807) is 0 Å². The molecule has 1 saturated heterocycles. The van der Waals surface area contributed by atoms with E-state index in [9.17, 15) is 14.7 Å². The number of rotatable bonds is 9. The average molecular weight is 422 g/mol. The number of amides is 1. The SMILES string of the molecule is COC(=O)C(C)O[C@H]1[C@H](O)[C@@H](CN=[N+]=[N-])O[C@H](OCc2ccccc2)[C@@H]1NC(C)=O. The van der Waals surface area contributed by atoms with E-state index in [2.05, 4.69) is 20.1 Å². The largest absolute Gasteiger partial charge is 0.467 e. The first kappa shape index (κ1) is 23.6. The predicted octanol–water partition coefficient (Wildman–Crippen LogP) is 1.05. The van der Waals surface area contributed by atoms with Crippen LogP contribution in [0.5, 0.6) is 0 Å². The summed E-state index contributed by atoms with van der Waals surface area (Å²) in [4.78, 5) is 26.3. The van der Waals surface area contributed by atoms with Crippen LogP contribution in [0, 0.1) is 0 Å². The van der Waals surface area contributed by atoms with Gasteiger partial charge in [-0.05, 0) is 18.0 Å². The fourth-order valence-electron chi connectivity index (χ4n) is 3.09. The van der Waals surface area contributed by atoms with Crippen LogP contribution in [0.1, 0.15) is 19.4 Å². The van der Waals surface area contributed by atoms with Crippen molar-refractivity contribution in [2.45, 2.75) is 57.2 Å². The van der Waals surface area contributed by atoms with Gasteiger partial charge in [0.15, 0.2) is 12.4 Å². The summed E-state index contributed by atoms with van der Waals surface area (Å²) in [5.74, 6) is -1.06. The summed E-state index contributed by atoms with van der Waals surface area (Å²) in [6, 6.07) is 8.35. The molecule has 6 atom stereocenters. The van der Waals surface area contributed by atoms with Crippen LogP contribution in [0.15, 0.2) is 35.4 Å². The Morgan fingerprint density at radius 2 is 2.07 bits per heavy atom. The maximum atomic E-state index is 11.8. The molecule has 0 bridgehead atoms. The molecule has 1 unspecified atom stereocenters. The number of hydrogen-bond donors (Lipinski definition) is 2. The second-order valence-corrected chi connectivity index (χ2v) is 6.74. The molecule has 1 fully saturated rings. The second-order valence-electron chi connectivity index (χ2n) is 6.74. The normalized spacial score (nSPS) is 26.9. The van der Waals surface area contributed by atoms with Crippen molar-refractivity contribution in [1.82, 2.24) is 5.32 Å². The average Bonchev–Trinajstić information content (AvgIpc) is 2.74. The van der Waals surface area contributed by atoms with E-state index in [4.69, 9.17) is 19.7 Å². The number of aliphatic hydroxyl groups is 1. The van der Waals surface area contributed by atoms with Crippen molar-refractivity contribution < 1.29 is 33.6 Å². The van der Waals surface area contributed by atoms with E-state index >= 15 is 0 Å². The Balaban J connectivity index is 2.28. The fraction of sp³-hybridized carbons (Fsp3) is 0.579. The summed E-state index contributed by atoms with van der Waals surface area (Å²) in [6.07, 6.45) is -5.43. The molecule has 0 saturated carbocycles. The quantitative estimate of drug-likeness (QED) is 0.261. The van der Waals surface area contributed by atoms with Crippen LogP contribution in [0.4, 0.5) is 0 Å². The number of methoxy groups -OCH3 is 1. The maximum Gasteiger partial charge on any atom is 0.334 e. The molecule has 1 aromatic carbocycles. The van der Waals surface area contributed by atoms with Gasteiger partial charge in [-0.3, -0.25) is 4.79 Å². The van der Waals surface area contributed by atoms with Crippen molar-refractivity contribution in [2.75, 3.05) is 13.7 Å². The summed E-state index contributed by atoms with van der Waals surface area (Å²) in [6.45, 7) is 2.72. The molecule has 1 amide bonds. The van der Waals surface area contributed by atoms with Gasteiger partial charge in [0, 0.05) is 11.8 Å². The molecule has 1 aliphatic heterocycles. The Kier molecular flexibility index (Phi) is 9.03. The van der Waals surface area contributed by atoms with Gasteiger partial charge in [-0.25, -0.2) is 4.79 Å². The van der Waals surface area contributed by atoms with Crippen molar-refractivity contribution in [2.24, 2.45) is 5.11 Å². The summed E-state index contributed by atoms with van der Waals surface area (Å²) in [5, 5.41) is 16.9. The Morgan fingerprint density at radius 1 is 1.37 bits per heavy atom. The van der Waals surface area contributed by atoms with Crippen LogP contribution in [0.25, 0.3) is 10.4 Å². The van der Waals surface area contributed by atoms with E-state index in [1.165, 1.54) is 21.0 Å². The molecule has 0 spiro atoms. The third-order valence-corrected chi connectivity index (χ3v) is 4.52. The van der Waals surface area contributed by atoms with Crippen molar-refractivity contribution in [1.29, 1.82) is 0 Å². The summed E-state index contributed by atoms with van der Waals surface area (Å²) in [7, 11) is 1.21. The van der Waals surface area contributed by atoms with Gasteiger partial charge < -0.3 is 29.4 Å². The van der Waals surface area contributed by atoms with Gasteiger partial charge in [0.1, 0.15) is 18.2 Å². The zero-order valence-electron chi connectivity index (χ0n) is 17.0. The number of ether oxygens (including phenoxy) is 4. The first-order valence-electron chi connectivity index (χ1n) is 9.37. The lowest BCUT2D eigenvalue weighted by molar-refractivity contribution is -0.277. The Labute approximate surface area is 173 Å². The number of esters is 1. The van der Waals surface area contributed by atoms with Crippen molar-refractivity contribution in [3.8, 4) is 0 Å². The highest BCUT2D eigenvalue weighted by molar-refractivity contribution is 5.74. The number of nitrogens with one attached hydrogen (secondary N) is 1. The molecule has 2 N–H and O–H groups in total. The number of aliphatic hydroxyl groups excluding tert-OH is 1. The van der Waals surface area contributed by atoms with Crippen LogP contribution >= 0.6 is 0 Å². The van der Waals surface area contributed by atoms with Gasteiger partial charge in [-0.2, -0.15) is 0 Å². The Morgan fingerprint density at radius 3 is 2.67 bits per heavy atom. The lowest BCUT2D eigenvalue weighted by Crippen LogP contribution is -2.65. The van der Waals surface area contributed by atoms with Crippen LogP contribution in [0.2, 0.25) is 0 Å². The molecule has 11 nitrogen and oxygen atoms in total. The van der Waals surface area contributed by atoms with Crippen LogP contribution in [0.3, 0.4) is 0 Å². The topological polar surface area (TPSA) is 152 Å². The second kappa shape index (κ2) is 11.5. The van der Waals surface area contributed by atoms with Crippen molar-refractivity contribution >= 4 is 11.9 Å². The molecule has 30 heavy (non-hydrogen) atoms. The lowest BCUT2D eigenvalue weighted by atomic mass is 9.96. The van der Waals surface area contributed by atoms with Gasteiger partial charge in [0.05, 0.1) is 26.4 Å². The van der Waals surface area contributed by atoms with Crippen LogP contribution in [-0.2, 0) is 35.1 Å². The number of nitrogens with zero attached hydrogens (tertiary/aromatic N) is 3. The lowest BCUT2D eigenvalue weighted by Gasteiger charge is -2.44. The molecule has 1 aliphatic rings. The predicted molar refractivity (Wildman–Crippen MR) is 104 cm³/mol. The summed E-state index contributed by atoms with van der Waals surface area (Å²) >= 11 is 0. The highest BCUT2D eigenvalue weighted by atomic mass is 16.7. The zero-order chi connectivity index (χ0) is 22.1. The first-order chi connectivity index (χ1) is 14.4.